The highest BCUT2D eigenvalue weighted by atomic mass is 127. The third kappa shape index (κ3) is 4.62. The summed E-state index contributed by atoms with van der Waals surface area (Å²) in [4.78, 5) is 0. The Morgan fingerprint density at radius 1 is 1.36 bits per heavy atom. The minimum Gasteiger partial charge on any atom is -0.310 e. The molecule has 1 nitrogen and oxygen atoms in total. The van der Waals surface area contributed by atoms with Gasteiger partial charge in [-0.25, -0.2) is 0 Å². The normalized spacial score (nSPS) is 12.8. The lowest BCUT2D eigenvalue weighted by Gasteiger charge is -2.11. The minimum atomic E-state index is 0.492. The quantitative estimate of drug-likeness (QED) is 0.647. The molecule has 1 aromatic carbocycles. The van der Waals surface area contributed by atoms with Crippen LogP contribution in [0.15, 0.2) is 24.3 Å². The van der Waals surface area contributed by atoms with Crippen LogP contribution in [0.5, 0.6) is 0 Å². The third-order valence-electron chi connectivity index (χ3n) is 2.11. The molecule has 0 bridgehead atoms. The molecule has 1 unspecified atom stereocenters. The fraction of sp³-hybridized carbons (Fsp3) is 0.455. The Labute approximate surface area is 104 Å². The Hall–Kier alpha value is 0.200. The summed E-state index contributed by atoms with van der Waals surface area (Å²) in [5, 5.41) is 3.43. The number of rotatable bonds is 5. The Morgan fingerprint density at radius 3 is 2.57 bits per heavy atom. The number of hydrogen-bond donors (Lipinski definition) is 1. The second-order valence-corrected chi connectivity index (χ2v) is 5.01. The van der Waals surface area contributed by atoms with Crippen LogP contribution in [0.2, 0.25) is 0 Å². The van der Waals surface area contributed by atoms with E-state index in [-0.39, 0.29) is 0 Å². The van der Waals surface area contributed by atoms with Crippen LogP contribution in [0.25, 0.3) is 0 Å². The first-order valence-electron chi connectivity index (χ1n) is 4.76. The molecule has 78 valence electrons. The van der Waals surface area contributed by atoms with Gasteiger partial charge in [-0.15, -0.1) is 11.6 Å². The van der Waals surface area contributed by atoms with Crippen LogP contribution >= 0.6 is 34.2 Å². The highest BCUT2D eigenvalue weighted by molar-refractivity contribution is 14.1. The zero-order valence-electron chi connectivity index (χ0n) is 8.26. The van der Waals surface area contributed by atoms with Crippen LogP contribution in [-0.2, 0) is 6.54 Å². The van der Waals surface area contributed by atoms with Gasteiger partial charge in [0.1, 0.15) is 0 Å². The van der Waals surface area contributed by atoms with Crippen molar-refractivity contribution in [2.45, 2.75) is 25.9 Å². The van der Waals surface area contributed by atoms with Gasteiger partial charge in [-0.1, -0.05) is 12.1 Å². The Kier molecular flexibility index (Phi) is 5.82. The van der Waals surface area contributed by atoms with Crippen LogP contribution in [0.4, 0.5) is 0 Å². The van der Waals surface area contributed by atoms with Gasteiger partial charge in [0.15, 0.2) is 0 Å². The number of halogens is 2. The largest absolute Gasteiger partial charge is 0.310 e. The van der Waals surface area contributed by atoms with Crippen molar-refractivity contribution in [3.63, 3.8) is 0 Å². The molecule has 0 radical (unpaired) electrons. The molecule has 1 N–H and O–H groups in total. The first-order valence-corrected chi connectivity index (χ1v) is 6.37. The van der Waals surface area contributed by atoms with Crippen LogP contribution in [0.3, 0.4) is 0 Å². The van der Waals surface area contributed by atoms with E-state index >= 15 is 0 Å². The summed E-state index contributed by atoms with van der Waals surface area (Å²) in [5.74, 6) is 0.723. The fourth-order valence-electron chi connectivity index (χ4n) is 1.16. The van der Waals surface area contributed by atoms with E-state index in [1.807, 2.05) is 0 Å². The van der Waals surface area contributed by atoms with Crippen molar-refractivity contribution in [1.29, 1.82) is 0 Å². The molecule has 14 heavy (non-hydrogen) atoms. The van der Waals surface area contributed by atoms with Crippen molar-refractivity contribution in [3.8, 4) is 0 Å². The van der Waals surface area contributed by atoms with Gasteiger partial charge in [-0.3, -0.25) is 0 Å². The van der Waals surface area contributed by atoms with E-state index in [1.165, 1.54) is 9.13 Å². The van der Waals surface area contributed by atoms with E-state index in [1.54, 1.807) is 0 Å². The maximum atomic E-state index is 5.66. The molecule has 0 saturated heterocycles. The molecule has 0 saturated carbocycles. The summed E-state index contributed by atoms with van der Waals surface area (Å²) in [6, 6.07) is 9.06. The monoisotopic (exact) mass is 323 g/mol. The van der Waals surface area contributed by atoms with Gasteiger partial charge >= 0.3 is 0 Å². The summed E-state index contributed by atoms with van der Waals surface area (Å²) < 4.78 is 1.28. The molecule has 0 heterocycles. The molecular formula is C11H15ClIN. The van der Waals surface area contributed by atoms with Crippen molar-refractivity contribution < 1.29 is 0 Å². The lowest BCUT2D eigenvalue weighted by Crippen LogP contribution is -2.25. The standard InChI is InChI=1S/C11H15ClIN/c1-9(6-7-12)14-8-10-2-4-11(13)5-3-10/h2-5,9,14H,6-8H2,1H3. The average Bonchev–Trinajstić information content (AvgIpc) is 2.17. The van der Waals surface area contributed by atoms with Crippen molar-refractivity contribution in [3.05, 3.63) is 33.4 Å². The Bertz CT molecular complexity index is 260. The zero-order chi connectivity index (χ0) is 10.4. The molecule has 0 fully saturated rings. The van der Waals surface area contributed by atoms with E-state index in [4.69, 9.17) is 11.6 Å². The van der Waals surface area contributed by atoms with E-state index < -0.39 is 0 Å². The molecule has 0 aromatic heterocycles. The maximum absolute atomic E-state index is 5.66. The molecule has 1 aromatic rings. The van der Waals surface area contributed by atoms with Gasteiger partial charge in [0, 0.05) is 22.0 Å². The average molecular weight is 324 g/mol. The zero-order valence-corrected chi connectivity index (χ0v) is 11.2. The summed E-state index contributed by atoms with van der Waals surface area (Å²) in [6.45, 7) is 3.09. The number of hydrogen-bond acceptors (Lipinski definition) is 1. The summed E-state index contributed by atoms with van der Waals surface area (Å²) >= 11 is 7.97. The topological polar surface area (TPSA) is 12.0 Å². The highest BCUT2D eigenvalue weighted by Gasteiger charge is 1.99. The second-order valence-electron chi connectivity index (χ2n) is 3.39. The SMILES string of the molecule is CC(CCCl)NCc1ccc(I)cc1. The van der Waals surface area contributed by atoms with E-state index in [0.29, 0.717) is 6.04 Å². The van der Waals surface area contributed by atoms with Crippen molar-refractivity contribution >= 4 is 34.2 Å². The summed E-state index contributed by atoms with van der Waals surface area (Å²) in [7, 11) is 0. The molecule has 1 atom stereocenters. The lowest BCUT2D eigenvalue weighted by atomic mass is 10.2. The third-order valence-corrected chi connectivity index (χ3v) is 3.05. The second kappa shape index (κ2) is 6.64. The fourth-order valence-corrected chi connectivity index (χ4v) is 1.85. The van der Waals surface area contributed by atoms with Crippen LogP contribution < -0.4 is 5.32 Å². The molecule has 0 aliphatic heterocycles. The van der Waals surface area contributed by atoms with E-state index in [9.17, 15) is 0 Å². The van der Waals surface area contributed by atoms with Gasteiger partial charge in [0.05, 0.1) is 0 Å². The molecule has 0 aliphatic rings. The number of alkyl halides is 1. The smallest absolute Gasteiger partial charge is 0.0238 e. The molecule has 1 rings (SSSR count). The predicted molar refractivity (Wildman–Crippen MR) is 70.8 cm³/mol. The molecule has 0 aliphatic carbocycles. The maximum Gasteiger partial charge on any atom is 0.0238 e. The Morgan fingerprint density at radius 2 is 2.00 bits per heavy atom. The first kappa shape index (κ1) is 12.3. The minimum absolute atomic E-state index is 0.492. The van der Waals surface area contributed by atoms with Crippen LogP contribution in [0, 0.1) is 3.57 Å². The summed E-state index contributed by atoms with van der Waals surface area (Å²) in [6.07, 6.45) is 1.02. The van der Waals surface area contributed by atoms with Gasteiger partial charge in [-0.05, 0) is 53.6 Å². The van der Waals surface area contributed by atoms with Crippen LogP contribution in [0.1, 0.15) is 18.9 Å². The summed E-state index contributed by atoms with van der Waals surface area (Å²) in [5.41, 5.74) is 1.33. The van der Waals surface area contributed by atoms with Gasteiger partial charge in [-0.2, -0.15) is 0 Å². The van der Waals surface area contributed by atoms with E-state index in [0.717, 1.165) is 18.8 Å². The number of nitrogens with one attached hydrogen (secondary N) is 1. The Balaban J connectivity index is 2.34. The first-order chi connectivity index (χ1) is 6.72. The van der Waals surface area contributed by atoms with E-state index in [2.05, 4.69) is 59.1 Å². The number of benzene rings is 1. The molecule has 3 heteroatoms. The molecule has 0 amide bonds. The lowest BCUT2D eigenvalue weighted by molar-refractivity contribution is 0.536. The van der Waals surface area contributed by atoms with Gasteiger partial charge in [0.2, 0.25) is 0 Å². The molecular weight excluding hydrogens is 308 g/mol. The predicted octanol–water partition coefficient (Wildman–Crippen LogP) is 3.40. The van der Waals surface area contributed by atoms with Gasteiger partial charge in [0.25, 0.3) is 0 Å². The van der Waals surface area contributed by atoms with Crippen molar-refractivity contribution in [2.24, 2.45) is 0 Å². The van der Waals surface area contributed by atoms with Gasteiger partial charge < -0.3 is 5.32 Å². The van der Waals surface area contributed by atoms with Crippen LogP contribution in [-0.4, -0.2) is 11.9 Å². The molecule has 0 spiro atoms. The van der Waals surface area contributed by atoms with Crippen molar-refractivity contribution in [1.82, 2.24) is 5.32 Å². The highest BCUT2D eigenvalue weighted by Crippen LogP contribution is 2.06. The van der Waals surface area contributed by atoms with Crippen molar-refractivity contribution in [2.75, 3.05) is 5.88 Å².